The maximum absolute atomic E-state index is 12.2. The Kier molecular flexibility index (Phi) is 6.08. The van der Waals surface area contributed by atoms with Crippen LogP contribution in [0.5, 0.6) is 0 Å². The van der Waals surface area contributed by atoms with Gasteiger partial charge >= 0.3 is 6.03 Å². The van der Waals surface area contributed by atoms with Crippen LogP contribution in [0.3, 0.4) is 0 Å². The van der Waals surface area contributed by atoms with E-state index in [1.54, 1.807) is 4.90 Å². The summed E-state index contributed by atoms with van der Waals surface area (Å²) in [4.78, 5) is 13.8. The molecule has 21 heavy (non-hydrogen) atoms. The first-order valence-electron chi connectivity index (χ1n) is 7.75. The van der Waals surface area contributed by atoms with Crippen LogP contribution >= 0.6 is 0 Å². The molecule has 0 spiro atoms. The minimum atomic E-state index is -3.05. The highest BCUT2D eigenvalue weighted by atomic mass is 32.2. The van der Waals surface area contributed by atoms with Gasteiger partial charge in [0, 0.05) is 25.4 Å². The van der Waals surface area contributed by atoms with Crippen molar-refractivity contribution in [1.82, 2.24) is 10.2 Å². The number of carbonyl (C=O) groups excluding carboxylic acids is 1. The summed E-state index contributed by atoms with van der Waals surface area (Å²) in [6, 6.07) is -0.177. The van der Waals surface area contributed by atoms with Gasteiger partial charge in [-0.1, -0.05) is 13.8 Å². The number of sulfone groups is 1. The Morgan fingerprint density at radius 3 is 2.33 bits per heavy atom. The van der Waals surface area contributed by atoms with Gasteiger partial charge in [0.1, 0.15) is 9.84 Å². The monoisotopic (exact) mass is 318 g/mol. The van der Waals surface area contributed by atoms with Crippen molar-refractivity contribution in [3.63, 3.8) is 0 Å². The van der Waals surface area contributed by atoms with E-state index in [0.29, 0.717) is 6.54 Å². The molecular weight excluding hydrogens is 288 g/mol. The molecule has 0 heterocycles. The third-order valence-electron chi connectivity index (χ3n) is 4.32. The molecule has 1 saturated carbocycles. The van der Waals surface area contributed by atoms with Crippen molar-refractivity contribution >= 4 is 15.9 Å². The summed E-state index contributed by atoms with van der Waals surface area (Å²) in [5.74, 6) is 0.799. The highest BCUT2D eigenvalue weighted by Crippen LogP contribution is 2.46. The van der Waals surface area contributed by atoms with Crippen molar-refractivity contribution in [2.75, 3.05) is 25.1 Å². The van der Waals surface area contributed by atoms with Crippen molar-refractivity contribution in [3.05, 3.63) is 0 Å². The average molecular weight is 318 g/mol. The number of amides is 2. The molecule has 0 aliphatic heterocycles. The van der Waals surface area contributed by atoms with E-state index < -0.39 is 9.84 Å². The molecule has 2 amide bonds. The number of urea groups is 1. The van der Waals surface area contributed by atoms with E-state index in [2.05, 4.69) is 19.2 Å². The summed E-state index contributed by atoms with van der Waals surface area (Å²) in [5.41, 5.74) is 0.280. The fraction of sp³-hybridized carbons (Fsp3) is 0.933. The first-order chi connectivity index (χ1) is 9.53. The van der Waals surface area contributed by atoms with Crippen LogP contribution in [0, 0.1) is 11.3 Å². The van der Waals surface area contributed by atoms with Crippen molar-refractivity contribution in [1.29, 1.82) is 0 Å². The number of carbonyl (C=O) groups is 1. The molecule has 6 heteroatoms. The predicted octanol–water partition coefficient (Wildman–Crippen LogP) is 2.28. The van der Waals surface area contributed by atoms with Gasteiger partial charge in [-0.25, -0.2) is 13.2 Å². The fourth-order valence-electron chi connectivity index (χ4n) is 2.52. The van der Waals surface area contributed by atoms with E-state index in [4.69, 9.17) is 0 Å². The highest BCUT2D eigenvalue weighted by Gasteiger charge is 2.37. The second-order valence-electron chi connectivity index (χ2n) is 7.16. The Bertz CT molecular complexity index is 454. The molecule has 5 nitrogen and oxygen atoms in total. The normalized spacial score (nSPS) is 16.1. The molecule has 0 aromatic carbocycles. The first-order valence-corrected chi connectivity index (χ1v) is 9.81. The summed E-state index contributed by atoms with van der Waals surface area (Å²) in [6.45, 7) is 9.19. The van der Waals surface area contributed by atoms with Gasteiger partial charge in [0.15, 0.2) is 0 Å². The number of hydrogen-bond acceptors (Lipinski definition) is 3. The van der Waals surface area contributed by atoms with Crippen LogP contribution in [-0.2, 0) is 9.84 Å². The van der Waals surface area contributed by atoms with E-state index in [9.17, 15) is 13.2 Å². The minimum absolute atomic E-state index is 0.00612. The minimum Gasteiger partial charge on any atom is -0.338 e. The summed E-state index contributed by atoms with van der Waals surface area (Å²) in [7, 11) is -3.05. The predicted molar refractivity (Wildman–Crippen MR) is 86.1 cm³/mol. The smallest absolute Gasteiger partial charge is 0.317 e. The van der Waals surface area contributed by atoms with Gasteiger partial charge in [0.05, 0.1) is 5.75 Å². The van der Waals surface area contributed by atoms with Crippen LogP contribution in [0.1, 0.15) is 47.0 Å². The van der Waals surface area contributed by atoms with Gasteiger partial charge in [-0.05, 0) is 44.4 Å². The molecule has 1 N–H and O–H groups in total. The molecular formula is C15H30N2O3S. The molecule has 1 aliphatic rings. The highest BCUT2D eigenvalue weighted by molar-refractivity contribution is 7.90. The van der Waals surface area contributed by atoms with Crippen LogP contribution < -0.4 is 5.32 Å². The summed E-state index contributed by atoms with van der Waals surface area (Å²) in [5, 5.41) is 2.93. The Hall–Kier alpha value is -0.780. The van der Waals surface area contributed by atoms with Crippen LogP contribution in [0.2, 0.25) is 0 Å². The Morgan fingerprint density at radius 2 is 1.90 bits per heavy atom. The summed E-state index contributed by atoms with van der Waals surface area (Å²) >= 11 is 0. The average Bonchev–Trinajstić information content (AvgIpc) is 3.10. The van der Waals surface area contributed by atoms with Gasteiger partial charge in [-0.3, -0.25) is 0 Å². The zero-order chi connectivity index (χ0) is 16.3. The zero-order valence-corrected chi connectivity index (χ0v) is 14.8. The number of nitrogens with zero attached hydrogens (tertiary/aromatic N) is 1. The second-order valence-corrected chi connectivity index (χ2v) is 9.42. The van der Waals surface area contributed by atoms with Crippen molar-refractivity contribution in [2.24, 2.45) is 11.3 Å². The Balaban J connectivity index is 2.42. The molecule has 0 aromatic heterocycles. The topological polar surface area (TPSA) is 66.5 Å². The van der Waals surface area contributed by atoms with E-state index in [1.807, 2.05) is 13.8 Å². The molecule has 1 rings (SSSR count). The molecule has 1 fully saturated rings. The van der Waals surface area contributed by atoms with Crippen molar-refractivity contribution in [3.8, 4) is 0 Å². The molecule has 0 aromatic rings. The van der Waals surface area contributed by atoms with E-state index in [-0.39, 0.29) is 29.8 Å². The summed E-state index contributed by atoms with van der Waals surface area (Å²) < 4.78 is 22.5. The molecule has 1 aliphatic carbocycles. The number of nitrogens with one attached hydrogen (secondary N) is 1. The van der Waals surface area contributed by atoms with Gasteiger partial charge in [0.25, 0.3) is 0 Å². The number of hydrogen-bond donors (Lipinski definition) is 1. The molecule has 124 valence electrons. The first kappa shape index (κ1) is 18.3. The molecule has 0 unspecified atom stereocenters. The lowest BCUT2D eigenvalue weighted by molar-refractivity contribution is 0.184. The van der Waals surface area contributed by atoms with E-state index in [1.165, 1.54) is 19.1 Å². The van der Waals surface area contributed by atoms with Gasteiger partial charge in [-0.15, -0.1) is 0 Å². The Labute approximate surface area is 129 Å². The van der Waals surface area contributed by atoms with Crippen LogP contribution in [0.4, 0.5) is 4.79 Å². The van der Waals surface area contributed by atoms with Crippen molar-refractivity contribution < 1.29 is 13.2 Å². The van der Waals surface area contributed by atoms with Gasteiger partial charge in [0.2, 0.25) is 0 Å². The van der Waals surface area contributed by atoms with Gasteiger partial charge < -0.3 is 10.2 Å². The third-order valence-corrected chi connectivity index (χ3v) is 5.24. The van der Waals surface area contributed by atoms with Crippen LogP contribution in [0.15, 0.2) is 0 Å². The summed E-state index contributed by atoms with van der Waals surface area (Å²) in [6.07, 6.45) is 4.75. The largest absolute Gasteiger partial charge is 0.338 e. The SMILES string of the molecule is CC(C)N(CCS(C)(=O)=O)C(=O)NCCC(C)(C)C1CC1. The molecule has 0 atom stereocenters. The maximum atomic E-state index is 12.2. The fourth-order valence-corrected chi connectivity index (χ4v) is 3.05. The Morgan fingerprint density at radius 1 is 1.33 bits per heavy atom. The lowest BCUT2D eigenvalue weighted by Crippen LogP contribution is -2.46. The number of rotatable bonds is 8. The van der Waals surface area contributed by atoms with Crippen LogP contribution in [-0.4, -0.2) is 50.5 Å². The van der Waals surface area contributed by atoms with Gasteiger partial charge in [-0.2, -0.15) is 0 Å². The molecule has 0 bridgehead atoms. The van der Waals surface area contributed by atoms with E-state index >= 15 is 0 Å². The quantitative estimate of drug-likeness (QED) is 0.746. The lowest BCUT2D eigenvalue weighted by atomic mass is 9.84. The zero-order valence-electron chi connectivity index (χ0n) is 14.0. The van der Waals surface area contributed by atoms with Crippen LogP contribution in [0.25, 0.3) is 0 Å². The van der Waals surface area contributed by atoms with Crippen molar-refractivity contribution in [2.45, 2.75) is 53.0 Å². The standard InChI is InChI=1S/C15H30N2O3S/c1-12(2)17(10-11-21(5,19)20)14(18)16-9-8-15(3,4)13-6-7-13/h12-13H,6-11H2,1-5H3,(H,16,18). The molecule has 0 saturated heterocycles. The second kappa shape index (κ2) is 6.99. The third kappa shape index (κ3) is 6.68. The molecule has 0 radical (unpaired) electrons. The lowest BCUT2D eigenvalue weighted by Gasteiger charge is -2.28. The van der Waals surface area contributed by atoms with E-state index in [0.717, 1.165) is 12.3 Å². The maximum Gasteiger partial charge on any atom is 0.317 e.